The lowest BCUT2D eigenvalue weighted by Gasteiger charge is -2.31. The Morgan fingerprint density at radius 3 is 2.91 bits per heavy atom. The van der Waals surface area contributed by atoms with Crippen molar-refractivity contribution in [1.82, 2.24) is 15.6 Å². The topological polar surface area (TPSA) is 71.1 Å². The van der Waals surface area contributed by atoms with Crippen molar-refractivity contribution in [3.8, 4) is 0 Å². The van der Waals surface area contributed by atoms with E-state index in [1.807, 2.05) is 26.0 Å². The van der Waals surface area contributed by atoms with Gasteiger partial charge in [0.2, 0.25) is 0 Å². The van der Waals surface area contributed by atoms with Gasteiger partial charge >= 0.3 is 6.03 Å². The number of amides is 2. The van der Waals surface area contributed by atoms with Crippen molar-refractivity contribution < 1.29 is 9.00 Å². The van der Waals surface area contributed by atoms with E-state index in [2.05, 4.69) is 15.6 Å². The van der Waals surface area contributed by atoms with Gasteiger partial charge in [-0.2, -0.15) is 0 Å². The van der Waals surface area contributed by atoms with Crippen molar-refractivity contribution in [3.05, 3.63) is 29.6 Å². The molecule has 1 aliphatic carbocycles. The largest absolute Gasteiger partial charge is 0.334 e. The van der Waals surface area contributed by atoms with E-state index in [9.17, 15) is 9.00 Å². The minimum atomic E-state index is -0.858. The lowest BCUT2D eigenvalue weighted by Crippen LogP contribution is -2.50. The van der Waals surface area contributed by atoms with Crippen LogP contribution in [0.25, 0.3) is 0 Å². The minimum Gasteiger partial charge on any atom is -0.334 e. The van der Waals surface area contributed by atoms with Gasteiger partial charge < -0.3 is 10.6 Å². The fourth-order valence-corrected chi connectivity index (χ4v) is 4.31. The Morgan fingerprint density at radius 2 is 2.18 bits per heavy atom. The lowest BCUT2D eigenvalue weighted by atomic mass is 9.95. The fourth-order valence-electron chi connectivity index (χ4n) is 2.88. The molecule has 2 rings (SSSR count). The molecule has 1 aliphatic rings. The number of urea groups is 1. The molecule has 5 nitrogen and oxygen atoms in total. The number of pyridine rings is 1. The first kappa shape index (κ1) is 16.9. The van der Waals surface area contributed by atoms with Crippen LogP contribution in [0.5, 0.6) is 0 Å². The van der Waals surface area contributed by atoms with Crippen molar-refractivity contribution in [2.45, 2.75) is 57.4 Å². The number of carbonyl (C=O) groups is 1. The summed E-state index contributed by atoms with van der Waals surface area (Å²) in [5.74, 6) is 0.650. The Kier molecular flexibility index (Phi) is 6.36. The van der Waals surface area contributed by atoms with E-state index in [1.54, 1.807) is 6.20 Å². The molecular formula is C16H25N3O2S. The number of aromatic nitrogens is 1. The van der Waals surface area contributed by atoms with E-state index in [4.69, 9.17) is 0 Å². The molecule has 0 spiro atoms. The van der Waals surface area contributed by atoms with Gasteiger partial charge in [0.15, 0.2) is 0 Å². The van der Waals surface area contributed by atoms with Gasteiger partial charge in [0.25, 0.3) is 0 Å². The number of nitrogens with one attached hydrogen (secondary N) is 2. The maximum atomic E-state index is 12.1. The summed E-state index contributed by atoms with van der Waals surface area (Å²) in [5, 5.41) is 5.94. The van der Waals surface area contributed by atoms with E-state index < -0.39 is 10.8 Å². The standard InChI is InChI=1S/C16H25N3O2S/c1-3-22(21)15-9-5-4-8-13(15)19-16(20)18-11-14-12(2)7-6-10-17-14/h6-7,10,13,15H,3-5,8-9,11H2,1-2H3,(H2,18,19,20)/t13-,15+,22+/m0/s1. The first-order valence-corrected chi connectivity index (χ1v) is 9.32. The third-order valence-electron chi connectivity index (χ3n) is 4.18. The molecule has 1 aromatic heterocycles. The van der Waals surface area contributed by atoms with Gasteiger partial charge in [-0.05, 0) is 31.4 Å². The van der Waals surface area contributed by atoms with Gasteiger partial charge in [0.1, 0.15) is 0 Å². The highest BCUT2D eigenvalue weighted by molar-refractivity contribution is 7.85. The van der Waals surface area contributed by atoms with Crippen LogP contribution >= 0.6 is 0 Å². The maximum Gasteiger partial charge on any atom is 0.315 e. The summed E-state index contributed by atoms with van der Waals surface area (Å²) >= 11 is 0. The first-order valence-electron chi connectivity index (χ1n) is 7.94. The molecule has 0 aliphatic heterocycles. The van der Waals surface area contributed by atoms with Crippen LogP contribution < -0.4 is 10.6 Å². The molecule has 2 amide bonds. The Bertz CT molecular complexity index is 536. The molecule has 0 bridgehead atoms. The van der Waals surface area contributed by atoms with Crippen LogP contribution in [-0.4, -0.2) is 32.3 Å². The van der Waals surface area contributed by atoms with Crippen LogP contribution in [0.4, 0.5) is 4.79 Å². The van der Waals surface area contributed by atoms with Crippen molar-refractivity contribution >= 4 is 16.8 Å². The summed E-state index contributed by atoms with van der Waals surface area (Å²) in [4.78, 5) is 16.4. The zero-order valence-corrected chi connectivity index (χ0v) is 14.1. The minimum absolute atomic E-state index is 0.0133. The summed E-state index contributed by atoms with van der Waals surface area (Å²) in [6.45, 7) is 4.32. The van der Waals surface area contributed by atoms with Crippen molar-refractivity contribution in [2.24, 2.45) is 0 Å². The highest BCUT2D eigenvalue weighted by atomic mass is 32.2. The summed E-state index contributed by atoms with van der Waals surface area (Å²) in [6, 6.07) is 3.67. The highest BCUT2D eigenvalue weighted by Crippen LogP contribution is 2.23. The summed E-state index contributed by atoms with van der Waals surface area (Å²) < 4.78 is 12.1. The van der Waals surface area contributed by atoms with Gasteiger partial charge in [-0.15, -0.1) is 0 Å². The predicted molar refractivity (Wildman–Crippen MR) is 89.1 cm³/mol. The second kappa shape index (κ2) is 8.27. The fraction of sp³-hybridized carbons (Fsp3) is 0.625. The number of carbonyl (C=O) groups excluding carboxylic acids is 1. The number of aryl methyl sites for hydroxylation is 1. The van der Waals surface area contributed by atoms with Crippen molar-refractivity contribution in [1.29, 1.82) is 0 Å². The molecule has 122 valence electrons. The molecule has 6 heteroatoms. The molecule has 3 atom stereocenters. The van der Waals surface area contributed by atoms with Gasteiger partial charge in [-0.25, -0.2) is 4.79 Å². The number of hydrogen-bond acceptors (Lipinski definition) is 3. The van der Waals surface area contributed by atoms with Gasteiger partial charge in [-0.1, -0.05) is 25.8 Å². The first-order chi connectivity index (χ1) is 10.6. The van der Waals surface area contributed by atoms with E-state index >= 15 is 0 Å². The van der Waals surface area contributed by atoms with Gasteiger partial charge in [0, 0.05) is 28.8 Å². The van der Waals surface area contributed by atoms with E-state index in [1.165, 1.54) is 0 Å². The second-order valence-electron chi connectivity index (χ2n) is 5.69. The van der Waals surface area contributed by atoms with Crippen LogP contribution in [0.1, 0.15) is 43.9 Å². The molecule has 1 heterocycles. The van der Waals surface area contributed by atoms with Crippen molar-refractivity contribution in [2.75, 3.05) is 5.75 Å². The number of nitrogens with zero attached hydrogens (tertiary/aromatic N) is 1. The van der Waals surface area contributed by atoms with Crippen LogP contribution in [0.15, 0.2) is 18.3 Å². The monoisotopic (exact) mass is 323 g/mol. The zero-order valence-electron chi connectivity index (χ0n) is 13.3. The smallest absolute Gasteiger partial charge is 0.315 e. The third kappa shape index (κ3) is 4.53. The lowest BCUT2D eigenvalue weighted by molar-refractivity contribution is 0.232. The average Bonchev–Trinajstić information content (AvgIpc) is 2.54. The Hall–Kier alpha value is -1.43. The normalized spacial score (nSPS) is 22.8. The molecule has 1 aromatic rings. The molecule has 0 saturated heterocycles. The zero-order chi connectivity index (χ0) is 15.9. The third-order valence-corrected chi connectivity index (χ3v) is 5.98. The summed E-state index contributed by atoms with van der Waals surface area (Å²) in [5.41, 5.74) is 1.93. The van der Waals surface area contributed by atoms with Crippen molar-refractivity contribution in [3.63, 3.8) is 0 Å². The van der Waals surface area contributed by atoms with E-state index in [0.29, 0.717) is 12.3 Å². The highest BCUT2D eigenvalue weighted by Gasteiger charge is 2.30. The van der Waals surface area contributed by atoms with Crippen LogP contribution in [0, 0.1) is 6.92 Å². The molecular weight excluding hydrogens is 298 g/mol. The summed E-state index contributed by atoms with van der Waals surface area (Å²) in [6.07, 6.45) is 5.76. The predicted octanol–water partition coefficient (Wildman–Crippen LogP) is 2.27. The van der Waals surface area contributed by atoms with E-state index in [-0.39, 0.29) is 17.3 Å². The molecule has 0 aromatic carbocycles. The Morgan fingerprint density at radius 1 is 1.41 bits per heavy atom. The Labute approximate surface area is 134 Å². The summed E-state index contributed by atoms with van der Waals surface area (Å²) in [7, 11) is -0.858. The molecule has 22 heavy (non-hydrogen) atoms. The molecule has 1 saturated carbocycles. The SMILES string of the molecule is CC[S@@](=O)[C@@H]1CCCC[C@@H]1NC(=O)NCc1ncccc1C. The molecule has 0 unspecified atom stereocenters. The molecule has 2 N–H and O–H groups in total. The number of hydrogen-bond donors (Lipinski definition) is 2. The average molecular weight is 323 g/mol. The quantitative estimate of drug-likeness (QED) is 0.873. The Balaban J connectivity index is 1.87. The second-order valence-corrected chi connectivity index (χ2v) is 7.64. The van der Waals surface area contributed by atoms with Crippen LogP contribution in [0.2, 0.25) is 0 Å². The van der Waals surface area contributed by atoms with Gasteiger partial charge in [-0.3, -0.25) is 9.19 Å². The molecule has 0 radical (unpaired) electrons. The van der Waals surface area contributed by atoms with E-state index in [0.717, 1.165) is 36.9 Å². The van der Waals surface area contributed by atoms with Gasteiger partial charge in [0.05, 0.1) is 17.5 Å². The number of rotatable bonds is 5. The van der Waals surface area contributed by atoms with Crippen LogP contribution in [0.3, 0.4) is 0 Å². The molecule has 1 fully saturated rings. The van der Waals surface area contributed by atoms with Crippen LogP contribution in [-0.2, 0) is 17.3 Å². The maximum absolute atomic E-state index is 12.1.